The molecule has 8 heteroatoms. The van der Waals surface area contributed by atoms with Gasteiger partial charge in [0.25, 0.3) is 0 Å². The number of sulfone groups is 1. The third-order valence-electron chi connectivity index (χ3n) is 3.63. The second-order valence-corrected chi connectivity index (χ2v) is 8.09. The van der Waals surface area contributed by atoms with Gasteiger partial charge in [-0.05, 0) is 19.4 Å². The summed E-state index contributed by atoms with van der Waals surface area (Å²) >= 11 is 0. The van der Waals surface area contributed by atoms with Crippen LogP contribution in [0, 0.1) is 0 Å². The summed E-state index contributed by atoms with van der Waals surface area (Å²) in [6.45, 7) is 5.04. The molecule has 1 amide bonds. The highest BCUT2D eigenvalue weighted by Crippen LogP contribution is 2.22. The minimum Gasteiger partial charge on any atom is -0.448 e. The van der Waals surface area contributed by atoms with Gasteiger partial charge in [-0.1, -0.05) is 30.3 Å². The number of hydrogen-bond acceptors (Lipinski definition) is 6. The molecule has 0 aromatic heterocycles. The zero-order chi connectivity index (χ0) is 19.4. The van der Waals surface area contributed by atoms with Gasteiger partial charge in [0.2, 0.25) is 0 Å². The van der Waals surface area contributed by atoms with Gasteiger partial charge in [0, 0.05) is 38.4 Å². The fourth-order valence-electron chi connectivity index (χ4n) is 2.39. The first kappa shape index (κ1) is 22.4. The molecule has 0 aliphatic rings. The van der Waals surface area contributed by atoms with E-state index in [0.29, 0.717) is 26.2 Å². The molecule has 1 N–H and O–H groups in total. The molecular formula is C18H29NO6S. The highest BCUT2D eigenvalue weighted by atomic mass is 32.2. The first-order chi connectivity index (χ1) is 12.4. The second-order valence-electron chi connectivity index (χ2n) is 5.83. The van der Waals surface area contributed by atoms with Crippen molar-refractivity contribution >= 4 is 15.9 Å². The van der Waals surface area contributed by atoms with Gasteiger partial charge in [0.05, 0.1) is 5.75 Å². The summed E-state index contributed by atoms with van der Waals surface area (Å²) in [5.74, 6) is -0.221. The second kappa shape index (κ2) is 11.9. The predicted octanol–water partition coefficient (Wildman–Crippen LogP) is 2.33. The van der Waals surface area contributed by atoms with E-state index in [-0.39, 0.29) is 24.6 Å². The van der Waals surface area contributed by atoms with Crippen LogP contribution in [0.1, 0.15) is 31.7 Å². The molecule has 7 nitrogen and oxygen atoms in total. The Bertz CT molecular complexity index is 614. The summed E-state index contributed by atoms with van der Waals surface area (Å²) in [4.78, 5) is 11.8. The van der Waals surface area contributed by atoms with E-state index in [4.69, 9.17) is 14.2 Å². The van der Waals surface area contributed by atoms with Crippen molar-refractivity contribution in [1.82, 2.24) is 5.32 Å². The summed E-state index contributed by atoms with van der Waals surface area (Å²) in [5, 5.41) is 2.69. The highest BCUT2D eigenvalue weighted by molar-refractivity contribution is 7.90. The number of hydrogen-bond donors (Lipinski definition) is 1. The van der Waals surface area contributed by atoms with Gasteiger partial charge in [-0.25, -0.2) is 13.2 Å². The Morgan fingerprint density at radius 1 is 1.12 bits per heavy atom. The molecule has 0 saturated heterocycles. The van der Waals surface area contributed by atoms with Crippen molar-refractivity contribution in [2.75, 3.05) is 38.4 Å². The topological polar surface area (TPSA) is 90.9 Å². The van der Waals surface area contributed by atoms with Crippen molar-refractivity contribution in [2.24, 2.45) is 0 Å². The van der Waals surface area contributed by atoms with E-state index in [1.807, 2.05) is 44.2 Å². The maximum atomic E-state index is 11.8. The standard InChI is InChI=1S/C18H29NO6S/c1-4-23-17(24-5-2)13-16(15-9-7-6-8-10-15)14-19-18(20)25-11-12-26(3,21)22/h6-10,16-17H,4-5,11-14H2,1-3H3,(H,19,20). The van der Waals surface area contributed by atoms with Crippen LogP contribution in [0.25, 0.3) is 0 Å². The van der Waals surface area contributed by atoms with Gasteiger partial charge < -0.3 is 19.5 Å². The van der Waals surface area contributed by atoms with Crippen molar-refractivity contribution in [3.8, 4) is 0 Å². The molecule has 26 heavy (non-hydrogen) atoms. The number of nitrogens with one attached hydrogen (secondary N) is 1. The molecule has 0 fully saturated rings. The number of carbonyl (C=O) groups is 1. The molecule has 0 saturated carbocycles. The predicted molar refractivity (Wildman–Crippen MR) is 99.9 cm³/mol. The van der Waals surface area contributed by atoms with Gasteiger partial charge >= 0.3 is 6.09 Å². The molecular weight excluding hydrogens is 358 g/mol. The van der Waals surface area contributed by atoms with Gasteiger partial charge in [0.15, 0.2) is 16.1 Å². The lowest BCUT2D eigenvalue weighted by Gasteiger charge is -2.24. The summed E-state index contributed by atoms with van der Waals surface area (Å²) < 4.78 is 38.3. The minimum absolute atomic E-state index is 0.0262. The van der Waals surface area contributed by atoms with Crippen molar-refractivity contribution in [2.45, 2.75) is 32.5 Å². The summed E-state index contributed by atoms with van der Waals surface area (Å²) in [6, 6.07) is 9.76. The van der Waals surface area contributed by atoms with E-state index >= 15 is 0 Å². The number of amides is 1. The van der Waals surface area contributed by atoms with E-state index in [1.54, 1.807) is 0 Å². The maximum Gasteiger partial charge on any atom is 0.407 e. The smallest absolute Gasteiger partial charge is 0.407 e. The van der Waals surface area contributed by atoms with Gasteiger partial charge in [-0.2, -0.15) is 0 Å². The maximum absolute atomic E-state index is 11.8. The minimum atomic E-state index is -3.16. The Kier molecular flexibility index (Phi) is 10.2. The molecule has 0 radical (unpaired) electrons. The van der Waals surface area contributed by atoms with Crippen LogP contribution in [-0.4, -0.2) is 59.2 Å². The average molecular weight is 387 g/mol. The Labute approximate surface area is 155 Å². The number of ether oxygens (including phenoxy) is 3. The quantitative estimate of drug-likeness (QED) is 0.554. The molecule has 1 unspecified atom stereocenters. The molecule has 1 aromatic rings. The molecule has 0 aliphatic carbocycles. The Morgan fingerprint density at radius 3 is 2.27 bits per heavy atom. The molecule has 0 aliphatic heterocycles. The Balaban J connectivity index is 2.63. The Morgan fingerprint density at radius 2 is 1.73 bits per heavy atom. The van der Waals surface area contributed by atoms with E-state index in [1.165, 1.54) is 0 Å². The van der Waals surface area contributed by atoms with E-state index in [9.17, 15) is 13.2 Å². The third-order valence-corrected chi connectivity index (χ3v) is 4.54. The SMILES string of the molecule is CCOC(CC(CNC(=O)OCCS(C)(=O)=O)c1ccccc1)OCC. The van der Waals surface area contributed by atoms with Crippen LogP contribution in [0.3, 0.4) is 0 Å². The van der Waals surface area contributed by atoms with E-state index in [0.717, 1.165) is 11.8 Å². The largest absolute Gasteiger partial charge is 0.448 e. The zero-order valence-corrected chi connectivity index (χ0v) is 16.5. The molecule has 0 heterocycles. The lowest BCUT2D eigenvalue weighted by Crippen LogP contribution is -2.32. The highest BCUT2D eigenvalue weighted by Gasteiger charge is 2.20. The van der Waals surface area contributed by atoms with Gasteiger partial charge in [0.1, 0.15) is 6.61 Å². The molecule has 1 aromatic carbocycles. The van der Waals surface area contributed by atoms with Crippen molar-refractivity contribution in [3.05, 3.63) is 35.9 Å². The van der Waals surface area contributed by atoms with Gasteiger partial charge in [-0.15, -0.1) is 0 Å². The van der Waals surface area contributed by atoms with Crippen LogP contribution >= 0.6 is 0 Å². The number of benzene rings is 1. The summed E-state index contributed by atoms with van der Waals surface area (Å²) in [7, 11) is -3.16. The first-order valence-corrected chi connectivity index (χ1v) is 10.8. The molecule has 0 bridgehead atoms. The number of carbonyl (C=O) groups excluding carboxylic acids is 1. The summed E-state index contributed by atoms with van der Waals surface area (Å²) in [5.41, 5.74) is 1.05. The number of rotatable bonds is 12. The third kappa shape index (κ3) is 9.74. The van der Waals surface area contributed by atoms with Crippen LogP contribution in [-0.2, 0) is 24.0 Å². The molecule has 148 valence electrons. The molecule has 1 atom stereocenters. The lowest BCUT2D eigenvalue weighted by molar-refractivity contribution is -0.142. The van der Waals surface area contributed by atoms with Gasteiger partial charge in [-0.3, -0.25) is 0 Å². The molecule has 1 rings (SSSR count). The zero-order valence-electron chi connectivity index (χ0n) is 15.6. The lowest BCUT2D eigenvalue weighted by atomic mass is 9.95. The first-order valence-electron chi connectivity index (χ1n) is 8.72. The van der Waals surface area contributed by atoms with E-state index < -0.39 is 15.9 Å². The normalized spacial score (nSPS) is 12.8. The van der Waals surface area contributed by atoms with Crippen LogP contribution in [0.15, 0.2) is 30.3 Å². The average Bonchev–Trinajstić information content (AvgIpc) is 2.58. The fraction of sp³-hybridized carbons (Fsp3) is 0.611. The monoisotopic (exact) mass is 387 g/mol. The van der Waals surface area contributed by atoms with Crippen LogP contribution in [0.4, 0.5) is 4.79 Å². The van der Waals surface area contributed by atoms with Crippen molar-refractivity contribution in [3.63, 3.8) is 0 Å². The van der Waals surface area contributed by atoms with Crippen LogP contribution in [0.2, 0.25) is 0 Å². The van der Waals surface area contributed by atoms with Crippen molar-refractivity contribution < 1.29 is 27.4 Å². The molecule has 0 spiro atoms. The fourth-order valence-corrected chi connectivity index (χ4v) is 2.78. The van der Waals surface area contributed by atoms with E-state index in [2.05, 4.69) is 5.32 Å². The summed E-state index contributed by atoms with van der Waals surface area (Å²) in [6.07, 6.45) is 0.675. The Hall–Kier alpha value is -1.64. The van der Waals surface area contributed by atoms with Crippen LogP contribution in [0.5, 0.6) is 0 Å². The number of alkyl carbamates (subject to hydrolysis) is 1. The van der Waals surface area contributed by atoms with Crippen molar-refractivity contribution in [1.29, 1.82) is 0 Å². The van der Waals surface area contributed by atoms with Crippen LogP contribution < -0.4 is 5.32 Å².